The minimum absolute atomic E-state index is 0.457. The summed E-state index contributed by atoms with van der Waals surface area (Å²) in [5.41, 5.74) is 3.46. The van der Waals surface area contributed by atoms with Crippen LogP contribution in [0.4, 0.5) is 11.8 Å². The molecule has 2 aromatic rings. The van der Waals surface area contributed by atoms with Crippen molar-refractivity contribution in [1.29, 1.82) is 0 Å². The lowest BCUT2D eigenvalue weighted by Gasteiger charge is -2.18. The highest BCUT2D eigenvalue weighted by atomic mass is 15.3. The predicted octanol–water partition coefficient (Wildman–Crippen LogP) is 3.30. The van der Waals surface area contributed by atoms with Crippen molar-refractivity contribution in [3.8, 4) is 0 Å². The minimum Gasteiger partial charge on any atom is -0.367 e. The number of hydrogen-bond donors (Lipinski definition) is 3. The molecule has 0 aliphatic heterocycles. The largest absolute Gasteiger partial charge is 0.367 e. The van der Waals surface area contributed by atoms with E-state index in [0.717, 1.165) is 22.6 Å². The van der Waals surface area contributed by atoms with Crippen molar-refractivity contribution in [1.82, 2.24) is 9.97 Å². The molecule has 0 spiro atoms. The number of hydrazine groups is 1. The lowest BCUT2D eigenvalue weighted by molar-refractivity contribution is 0.502. The van der Waals surface area contributed by atoms with Gasteiger partial charge in [0.2, 0.25) is 5.95 Å². The number of fused-ring (bicyclic) bond motifs is 1. The first-order valence-corrected chi connectivity index (χ1v) is 7.76. The first-order chi connectivity index (χ1) is 10.3. The summed E-state index contributed by atoms with van der Waals surface area (Å²) >= 11 is 0. The fourth-order valence-corrected chi connectivity index (χ4v) is 3.08. The maximum Gasteiger partial charge on any atom is 0.239 e. The second kappa shape index (κ2) is 6.26. The van der Waals surface area contributed by atoms with Gasteiger partial charge < -0.3 is 5.32 Å². The number of nitrogens with one attached hydrogen (secondary N) is 2. The summed E-state index contributed by atoms with van der Waals surface area (Å²) in [5, 5.41) is 4.66. The van der Waals surface area contributed by atoms with Gasteiger partial charge in [0.25, 0.3) is 0 Å². The SMILES string of the molecule is CC1CCCC(Nc2nc(NN)nc3ccccc23)CC1. The fourth-order valence-electron chi connectivity index (χ4n) is 3.08. The number of aromatic nitrogens is 2. The third-order valence-electron chi connectivity index (χ3n) is 4.33. The third kappa shape index (κ3) is 3.24. The Morgan fingerprint density at radius 3 is 2.81 bits per heavy atom. The molecule has 0 bridgehead atoms. The van der Waals surface area contributed by atoms with Gasteiger partial charge in [0.15, 0.2) is 0 Å². The van der Waals surface area contributed by atoms with Gasteiger partial charge in [-0.1, -0.05) is 31.9 Å². The second-order valence-electron chi connectivity index (χ2n) is 6.01. The topological polar surface area (TPSA) is 75.9 Å². The molecule has 3 rings (SSSR count). The number of nitrogen functional groups attached to an aromatic ring is 1. The molecule has 2 unspecified atom stereocenters. The highest BCUT2D eigenvalue weighted by molar-refractivity contribution is 5.90. The molecule has 1 aromatic heterocycles. The van der Waals surface area contributed by atoms with Crippen LogP contribution in [0.3, 0.4) is 0 Å². The van der Waals surface area contributed by atoms with E-state index in [0.29, 0.717) is 12.0 Å². The highest BCUT2D eigenvalue weighted by Gasteiger charge is 2.17. The van der Waals surface area contributed by atoms with Gasteiger partial charge in [-0.25, -0.2) is 10.8 Å². The molecule has 0 radical (unpaired) electrons. The Bertz CT molecular complexity index is 613. The fraction of sp³-hybridized carbons (Fsp3) is 0.500. The van der Waals surface area contributed by atoms with Crippen LogP contribution in [0.25, 0.3) is 10.9 Å². The van der Waals surface area contributed by atoms with E-state index >= 15 is 0 Å². The van der Waals surface area contributed by atoms with E-state index in [4.69, 9.17) is 5.84 Å². The zero-order valence-electron chi connectivity index (χ0n) is 12.5. The molecular formula is C16H23N5. The zero-order chi connectivity index (χ0) is 14.7. The Labute approximate surface area is 125 Å². The van der Waals surface area contributed by atoms with E-state index < -0.39 is 0 Å². The number of rotatable bonds is 3. The number of para-hydroxylation sites is 1. The van der Waals surface area contributed by atoms with Crippen LogP contribution in [0.5, 0.6) is 0 Å². The highest BCUT2D eigenvalue weighted by Crippen LogP contribution is 2.27. The number of nitrogens with two attached hydrogens (primary N) is 1. The average molecular weight is 285 g/mol. The van der Waals surface area contributed by atoms with Gasteiger partial charge in [-0.05, 0) is 37.3 Å². The Morgan fingerprint density at radius 2 is 1.95 bits per heavy atom. The van der Waals surface area contributed by atoms with Gasteiger partial charge in [-0.2, -0.15) is 4.98 Å². The van der Waals surface area contributed by atoms with Crippen molar-refractivity contribution >= 4 is 22.7 Å². The van der Waals surface area contributed by atoms with Crippen molar-refractivity contribution in [3.05, 3.63) is 24.3 Å². The summed E-state index contributed by atoms with van der Waals surface area (Å²) in [6.07, 6.45) is 6.30. The third-order valence-corrected chi connectivity index (χ3v) is 4.33. The molecule has 1 aliphatic rings. The predicted molar refractivity (Wildman–Crippen MR) is 87.0 cm³/mol. The summed E-state index contributed by atoms with van der Waals surface area (Å²) in [6.45, 7) is 2.35. The van der Waals surface area contributed by atoms with Gasteiger partial charge >= 0.3 is 0 Å². The molecule has 1 heterocycles. The number of nitrogens with zero attached hydrogens (tertiary/aromatic N) is 2. The molecule has 112 valence electrons. The van der Waals surface area contributed by atoms with Gasteiger partial charge in [0, 0.05) is 11.4 Å². The average Bonchev–Trinajstić information content (AvgIpc) is 2.72. The van der Waals surface area contributed by atoms with Gasteiger partial charge in [0.1, 0.15) is 5.82 Å². The van der Waals surface area contributed by atoms with E-state index in [1.807, 2.05) is 18.2 Å². The van der Waals surface area contributed by atoms with Gasteiger partial charge in [-0.3, -0.25) is 5.43 Å². The van der Waals surface area contributed by atoms with Crippen LogP contribution in [0.2, 0.25) is 0 Å². The molecule has 5 heteroatoms. The number of hydrogen-bond acceptors (Lipinski definition) is 5. The molecule has 1 aromatic carbocycles. The molecule has 0 amide bonds. The summed E-state index contributed by atoms with van der Waals surface area (Å²) in [7, 11) is 0. The van der Waals surface area contributed by atoms with Crippen LogP contribution in [-0.2, 0) is 0 Å². The van der Waals surface area contributed by atoms with E-state index in [2.05, 4.69) is 33.7 Å². The Balaban J connectivity index is 1.88. The maximum absolute atomic E-state index is 5.48. The van der Waals surface area contributed by atoms with Crippen molar-refractivity contribution < 1.29 is 0 Å². The van der Waals surface area contributed by atoms with Crippen molar-refractivity contribution in [2.75, 3.05) is 10.7 Å². The first-order valence-electron chi connectivity index (χ1n) is 7.76. The van der Waals surface area contributed by atoms with Crippen LogP contribution < -0.4 is 16.6 Å². The van der Waals surface area contributed by atoms with Crippen LogP contribution in [-0.4, -0.2) is 16.0 Å². The first kappa shape index (κ1) is 14.1. The molecule has 1 aliphatic carbocycles. The summed E-state index contributed by atoms with van der Waals surface area (Å²) in [4.78, 5) is 8.90. The Kier molecular flexibility index (Phi) is 4.20. The normalized spacial score (nSPS) is 22.8. The van der Waals surface area contributed by atoms with Gasteiger partial charge in [0.05, 0.1) is 5.52 Å². The molecule has 0 saturated heterocycles. The standard InChI is InChI=1S/C16H23N5/c1-11-5-4-6-12(10-9-11)18-15-13-7-2-3-8-14(13)19-16(20-15)21-17/h2-3,7-8,11-12H,4-6,9-10,17H2,1H3,(H2,18,19,20,21). The van der Waals surface area contributed by atoms with E-state index in [1.54, 1.807) is 0 Å². The lowest BCUT2D eigenvalue weighted by atomic mass is 10.0. The molecule has 4 N–H and O–H groups in total. The smallest absolute Gasteiger partial charge is 0.239 e. The zero-order valence-corrected chi connectivity index (χ0v) is 12.5. The van der Waals surface area contributed by atoms with E-state index in [1.165, 1.54) is 32.1 Å². The Morgan fingerprint density at radius 1 is 1.10 bits per heavy atom. The molecule has 1 fully saturated rings. The van der Waals surface area contributed by atoms with Gasteiger partial charge in [-0.15, -0.1) is 0 Å². The molecule has 1 saturated carbocycles. The molecular weight excluding hydrogens is 262 g/mol. The lowest BCUT2D eigenvalue weighted by Crippen LogP contribution is -2.20. The maximum atomic E-state index is 5.48. The minimum atomic E-state index is 0.457. The molecule has 21 heavy (non-hydrogen) atoms. The number of anilines is 2. The quantitative estimate of drug-likeness (QED) is 0.458. The Hall–Kier alpha value is -1.88. The van der Waals surface area contributed by atoms with Crippen molar-refractivity contribution in [2.24, 2.45) is 11.8 Å². The summed E-state index contributed by atoms with van der Waals surface area (Å²) < 4.78 is 0. The van der Waals surface area contributed by atoms with E-state index in [9.17, 15) is 0 Å². The van der Waals surface area contributed by atoms with Crippen LogP contribution in [0.15, 0.2) is 24.3 Å². The monoisotopic (exact) mass is 285 g/mol. The second-order valence-corrected chi connectivity index (χ2v) is 6.01. The number of benzene rings is 1. The molecule has 5 nitrogen and oxygen atoms in total. The van der Waals surface area contributed by atoms with Crippen molar-refractivity contribution in [3.63, 3.8) is 0 Å². The summed E-state index contributed by atoms with van der Waals surface area (Å²) in [5.74, 6) is 7.66. The summed E-state index contributed by atoms with van der Waals surface area (Å²) in [6, 6.07) is 8.52. The van der Waals surface area contributed by atoms with Crippen LogP contribution in [0.1, 0.15) is 39.0 Å². The van der Waals surface area contributed by atoms with Crippen molar-refractivity contribution in [2.45, 2.75) is 45.1 Å². The van der Waals surface area contributed by atoms with Crippen LogP contribution >= 0.6 is 0 Å². The molecule has 2 atom stereocenters. The van der Waals surface area contributed by atoms with Crippen LogP contribution in [0, 0.1) is 5.92 Å². The van der Waals surface area contributed by atoms with E-state index in [-0.39, 0.29) is 0 Å².